The highest BCUT2D eigenvalue weighted by Crippen LogP contribution is 2.47. The number of nitrogens with zero attached hydrogens (tertiary/aromatic N) is 1. The summed E-state index contributed by atoms with van der Waals surface area (Å²) >= 11 is 3.56. The maximum Gasteiger partial charge on any atom is 0.338 e. The van der Waals surface area contributed by atoms with Gasteiger partial charge in [-0.2, -0.15) is 0 Å². The first kappa shape index (κ1) is 22.9. The molecule has 0 N–H and O–H groups in total. The van der Waals surface area contributed by atoms with Crippen LogP contribution in [-0.4, -0.2) is 26.2 Å². The van der Waals surface area contributed by atoms with Gasteiger partial charge in [-0.3, -0.25) is 0 Å². The predicted octanol–water partition coefficient (Wildman–Crippen LogP) is 7.34. The Hall–Kier alpha value is -3.57. The largest absolute Gasteiger partial charge is 0.472 e. The quantitative estimate of drug-likeness (QED) is 0.254. The summed E-state index contributed by atoms with van der Waals surface area (Å²) in [4.78, 5) is 15.2. The van der Waals surface area contributed by atoms with E-state index in [4.69, 9.17) is 9.47 Å². The number of methoxy groups -OCH3 is 1. The van der Waals surface area contributed by atoms with E-state index in [1.54, 1.807) is 0 Å². The average Bonchev–Trinajstić information content (AvgIpc) is 3.47. The highest BCUT2D eigenvalue weighted by molar-refractivity contribution is 9.10. The van der Waals surface area contributed by atoms with Crippen LogP contribution in [0.25, 0.3) is 16.8 Å². The fourth-order valence-electron chi connectivity index (χ4n) is 5.37. The second-order valence-electron chi connectivity index (χ2n) is 9.30. The number of hydrogen-bond acceptors (Lipinski definition) is 4. The molecule has 1 fully saturated rings. The van der Waals surface area contributed by atoms with Gasteiger partial charge in [0, 0.05) is 45.3 Å². The second-order valence-corrected chi connectivity index (χ2v) is 10.2. The fraction of sp³-hybridized carbons (Fsp3) is 0.194. The van der Waals surface area contributed by atoms with Gasteiger partial charge < -0.3 is 14.4 Å². The fourth-order valence-corrected chi connectivity index (χ4v) is 5.75. The van der Waals surface area contributed by atoms with Crippen molar-refractivity contribution in [2.75, 3.05) is 25.1 Å². The molecule has 2 aliphatic heterocycles. The van der Waals surface area contributed by atoms with Crippen LogP contribution >= 0.6 is 15.9 Å². The minimum atomic E-state index is -0.841. The zero-order valence-corrected chi connectivity index (χ0v) is 21.6. The number of fused-ring (bicyclic) bond motifs is 3. The van der Waals surface area contributed by atoms with Crippen LogP contribution in [-0.2, 0) is 10.3 Å². The van der Waals surface area contributed by atoms with Gasteiger partial charge in [0.15, 0.2) is 5.60 Å². The van der Waals surface area contributed by atoms with Gasteiger partial charge in [0.25, 0.3) is 0 Å². The molecule has 0 amide bonds. The van der Waals surface area contributed by atoms with E-state index in [1.807, 2.05) is 48.5 Å². The molecule has 6 rings (SSSR count). The van der Waals surface area contributed by atoms with Crippen LogP contribution in [0.15, 0.2) is 89.4 Å². The van der Waals surface area contributed by atoms with Gasteiger partial charge in [-0.25, -0.2) is 4.79 Å². The average molecular weight is 540 g/mol. The van der Waals surface area contributed by atoms with E-state index >= 15 is 0 Å². The second kappa shape index (κ2) is 9.14. The maximum atomic E-state index is 12.8. The molecule has 1 unspecified atom stereocenters. The van der Waals surface area contributed by atoms with Gasteiger partial charge in [-0.1, -0.05) is 58.4 Å². The molecule has 36 heavy (non-hydrogen) atoms. The maximum absolute atomic E-state index is 12.8. The molecule has 4 nitrogen and oxygen atoms in total. The summed E-state index contributed by atoms with van der Waals surface area (Å²) < 4.78 is 13.1. The lowest BCUT2D eigenvalue weighted by Gasteiger charge is -2.37. The lowest BCUT2D eigenvalue weighted by Crippen LogP contribution is -2.34. The molecule has 4 aromatic carbocycles. The number of rotatable bonds is 4. The van der Waals surface area contributed by atoms with Crippen molar-refractivity contribution >= 4 is 44.4 Å². The van der Waals surface area contributed by atoms with Crippen LogP contribution in [0.4, 0.5) is 5.69 Å². The van der Waals surface area contributed by atoms with Gasteiger partial charge in [0.05, 0.1) is 12.7 Å². The zero-order chi connectivity index (χ0) is 24.7. The third-order valence-electron chi connectivity index (χ3n) is 7.22. The zero-order valence-electron chi connectivity index (χ0n) is 20.0. The molecular weight excluding hydrogens is 514 g/mol. The highest BCUT2D eigenvalue weighted by atomic mass is 79.9. The summed E-state index contributed by atoms with van der Waals surface area (Å²) in [5, 5.41) is 1.85. The smallest absolute Gasteiger partial charge is 0.338 e. The SMILES string of the molecule is COC(=O)c1cc2cc(Br)ccc2c2c1C=CC(c1ccccc1)(c1ccc(N3CCCC3)cc1)O2. The van der Waals surface area contributed by atoms with Crippen LogP contribution in [0.1, 0.15) is 39.9 Å². The van der Waals surface area contributed by atoms with Crippen LogP contribution in [0.5, 0.6) is 5.75 Å². The van der Waals surface area contributed by atoms with Crippen molar-refractivity contribution in [1.29, 1.82) is 0 Å². The summed E-state index contributed by atoms with van der Waals surface area (Å²) in [5.41, 5.74) is 3.68. The van der Waals surface area contributed by atoms with Crippen LogP contribution in [0, 0.1) is 0 Å². The first-order valence-corrected chi connectivity index (χ1v) is 13.0. The Balaban J connectivity index is 1.55. The van der Waals surface area contributed by atoms with E-state index in [9.17, 15) is 4.79 Å². The van der Waals surface area contributed by atoms with Crippen molar-refractivity contribution in [1.82, 2.24) is 0 Å². The lowest BCUT2D eigenvalue weighted by molar-refractivity contribution is 0.0599. The van der Waals surface area contributed by atoms with Gasteiger partial charge in [0.2, 0.25) is 0 Å². The summed E-state index contributed by atoms with van der Waals surface area (Å²) in [6.45, 7) is 2.20. The normalized spacial score (nSPS) is 18.7. The van der Waals surface area contributed by atoms with Crippen molar-refractivity contribution in [2.45, 2.75) is 18.4 Å². The van der Waals surface area contributed by atoms with Crippen LogP contribution in [0.3, 0.4) is 0 Å². The molecule has 0 saturated carbocycles. The van der Waals surface area contributed by atoms with Crippen molar-refractivity contribution in [3.05, 3.63) is 112 Å². The van der Waals surface area contributed by atoms with Gasteiger partial charge in [-0.15, -0.1) is 0 Å². The molecule has 2 heterocycles. The summed E-state index contributed by atoms with van der Waals surface area (Å²) in [5.74, 6) is 0.291. The molecule has 0 bridgehead atoms. The molecule has 5 heteroatoms. The number of benzene rings is 4. The number of carbonyl (C=O) groups is 1. The molecular formula is C31H26BrNO3. The van der Waals surface area contributed by atoms with Crippen molar-refractivity contribution in [3.63, 3.8) is 0 Å². The lowest BCUT2D eigenvalue weighted by atomic mass is 9.82. The number of esters is 1. The molecule has 0 radical (unpaired) electrons. The van der Waals surface area contributed by atoms with E-state index in [-0.39, 0.29) is 5.97 Å². The number of anilines is 1. The highest BCUT2D eigenvalue weighted by Gasteiger charge is 2.39. The molecule has 0 aliphatic carbocycles. The molecule has 2 aliphatic rings. The van der Waals surface area contributed by atoms with Gasteiger partial charge in [-0.05, 0) is 66.8 Å². The molecule has 180 valence electrons. The molecule has 1 atom stereocenters. The Kier molecular flexibility index (Phi) is 5.81. The summed E-state index contributed by atoms with van der Waals surface area (Å²) in [7, 11) is 1.41. The topological polar surface area (TPSA) is 38.8 Å². The van der Waals surface area contributed by atoms with Crippen molar-refractivity contribution in [3.8, 4) is 5.75 Å². The van der Waals surface area contributed by atoms with E-state index in [1.165, 1.54) is 25.6 Å². The van der Waals surface area contributed by atoms with Crippen LogP contribution in [0.2, 0.25) is 0 Å². The minimum absolute atomic E-state index is 0.386. The Labute approximate surface area is 219 Å². The van der Waals surface area contributed by atoms with E-state index in [0.29, 0.717) is 11.3 Å². The van der Waals surface area contributed by atoms with E-state index in [0.717, 1.165) is 45.0 Å². The Morgan fingerprint density at radius 1 is 0.944 bits per heavy atom. The van der Waals surface area contributed by atoms with E-state index < -0.39 is 5.60 Å². The summed E-state index contributed by atoms with van der Waals surface area (Å²) in [6.07, 6.45) is 6.55. The van der Waals surface area contributed by atoms with Crippen molar-refractivity contribution < 1.29 is 14.3 Å². The molecule has 4 aromatic rings. The number of halogens is 1. The molecule has 1 saturated heterocycles. The number of carbonyl (C=O) groups excluding carboxylic acids is 1. The standard InChI is InChI=1S/C31H26BrNO3/c1-35-30(34)28-20-21-19-24(32)11-14-26(21)29-27(28)15-16-31(36-29,22-7-3-2-4-8-22)23-9-12-25(13-10-23)33-17-5-6-18-33/h2-4,7-16,19-20H,5-6,17-18H2,1H3. The Morgan fingerprint density at radius 2 is 1.67 bits per heavy atom. The third kappa shape index (κ3) is 3.79. The van der Waals surface area contributed by atoms with Gasteiger partial charge in [0.1, 0.15) is 5.75 Å². The Morgan fingerprint density at radius 3 is 2.39 bits per heavy atom. The monoisotopic (exact) mass is 539 g/mol. The first-order chi connectivity index (χ1) is 17.6. The van der Waals surface area contributed by atoms with Gasteiger partial charge >= 0.3 is 5.97 Å². The summed E-state index contributed by atoms with van der Waals surface area (Å²) in [6, 6.07) is 26.9. The van der Waals surface area contributed by atoms with E-state index in [2.05, 4.69) is 63.3 Å². The van der Waals surface area contributed by atoms with Crippen molar-refractivity contribution in [2.24, 2.45) is 0 Å². The molecule has 0 aromatic heterocycles. The predicted molar refractivity (Wildman–Crippen MR) is 148 cm³/mol. The Bertz CT molecular complexity index is 1470. The van der Waals surface area contributed by atoms with Crippen LogP contribution < -0.4 is 9.64 Å². The minimum Gasteiger partial charge on any atom is -0.472 e. The number of ether oxygens (including phenoxy) is 2. The molecule has 0 spiro atoms. The third-order valence-corrected chi connectivity index (χ3v) is 7.71. The first-order valence-electron chi connectivity index (χ1n) is 12.2. The number of hydrogen-bond donors (Lipinski definition) is 0.